The summed E-state index contributed by atoms with van der Waals surface area (Å²) in [4.78, 5) is 10.3. The second kappa shape index (κ2) is 6.58. The molecule has 1 fully saturated rings. The zero-order chi connectivity index (χ0) is 11.1. The van der Waals surface area contributed by atoms with Gasteiger partial charge >= 0.3 is 6.03 Å². The molecule has 1 saturated heterocycles. The number of halogens is 1. The third-order valence-electron chi connectivity index (χ3n) is 2.18. The molecule has 0 bridgehead atoms. The second-order valence-electron chi connectivity index (χ2n) is 3.44. The average molecular weight is 220 g/mol. The third-order valence-corrected chi connectivity index (χ3v) is 2.18. The van der Waals surface area contributed by atoms with Gasteiger partial charge in [0.15, 0.2) is 6.29 Å². The highest BCUT2D eigenvalue weighted by Crippen LogP contribution is 2.13. The van der Waals surface area contributed by atoms with Crippen molar-refractivity contribution in [3.8, 4) is 0 Å². The molecule has 1 aliphatic rings. The Morgan fingerprint density at radius 1 is 1.60 bits per heavy atom. The van der Waals surface area contributed by atoms with Crippen molar-refractivity contribution in [2.45, 2.75) is 32.0 Å². The molecule has 88 valence electrons. The summed E-state index contributed by atoms with van der Waals surface area (Å²) < 4.78 is 23.2. The summed E-state index contributed by atoms with van der Waals surface area (Å²) in [5.41, 5.74) is 4.71. The maximum atomic E-state index is 12.6. The van der Waals surface area contributed by atoms with Gasteiger partial charge in [0.1, 0.15) is 0 Å². The van der Waals surface area contributed by atoms with Crippen LogP contribution in [0, 0.1) is 0 Å². The Kier molecular flexibility index (Phi) is 5.34. The van der Waals surface area contributed by atoms with E-state index in [0.717, 1.165) is 25.9 Å². The van der Waals surface area contributed by atoms with E-state index in [2.05, 4.69) is 0 Å². The van der Waals surface area contributed by atoms with Crippen LogP contribution in [-0.2, 0) is 9.47 Å². The fourth-order valence-electron chi connectivity index (χ4n) is 1.37. The molecule has 1 aliphatic heterocycles. The Bertz CT molecular complexity index is 198. The lowest BCUT2D eigenvalue weighted by molar-refractivity contribution is -0.163. The summed E-state index contributed by atoms with van der Waals surface area (Å²) in [5, 5.41) is -0.0227. The molecule has 0 aromatic heterocycles. The van der Waals surface area contributed by atoms with Crippen LogP contribution in [0.4, 0.5) is 9.28 Å². The first-order chi connectivity index (χ1) is 7.20. The van der Waals surface area contributed by atoms with Gasteiger partial charge in [-0.15, -0.1) is 0 Å². The van der Waals surface area contributed by atoms with Gasteiger partial charge in [0.05, 0.1) is 13.2 Å². The monoisotopic (exact) mass is 220 g/mol. The molecule has 0 aromatic carbocycles. The molecule has 0 radical (unpaired) electrons. The van der Waals surface area contributed by atoms with Crippen LogP contribution in [0.2, 0.25) is 0 Å². The highest BCUT2D eigenvalue weighted by atomic mass is 19.2. The van der Waals surface area contributed by atoms with E-state index in [1.165, 1.54) is 0 Å². The lowest BCUT2D eigenvalue weighted by Gasteiger charge is -2.22. The summed E-state index contributed by atoms with van der Waals surface area (Å²) in [6.45, 7) is 1.06. The number of amides is 2. The molecule has 15 heavy (non-hydrogen) atoms. The fourth-order valence-corrected chi connectivity index (χ4v) is 1.37. The van der Waals surface area contributed by atoms with Crippen LogP contribution in [0.5, 0.6) is 0 Å². The van der Waals surface area contributed by atoms with Crippen molar-refractivity contribution in [3.05, 3.63) is 0 Å². The van der Waals surface area contributed by atoms with E-state index in [9.17, 15) is 9.28 Å². The Morgan fingerprint density at radius 2 is 2.40 bits per heavy atom. The van der Waals surface area contributed by atoms with Crippen molar-refractivity contribution in [1.82, 2.24) is 5.12 Å². The van der Waals surface area contributed by atoms with Gasteiger partial charge in [0, 0.05) is 6.61 Å². The molecule has 0 spiro atoms. The third kappa shape index (κ3) is 4.94. The van der Waals surface area contributed by atoms with Crippen molar-refractivity contribution >= 4 is 6.03 Å². The van der Waals surface area contributed by atoms with Crippen molar-refractivity contribution < 1.29 is 18.7 Å². The van der Waals surface area contributed by atoms with Crippen LogP contribution in [-0.4, -0.2) is 37.2 Å². The standard InChI is InChI=1S/C9H17FN2O3/c10-12(9(11)13)5-3-7-15-8-4-1-2-6-14-8/h8H,1-7H2,(H2,11,13). The fraction of sp³-hybridized carbons (Fsp3) is 0.889. The molecule has 2 amide bonds. The number of nitrogens with two attached hydrogens (primary N) is 1. The number of hydrogen-bond donors (Lipinski definition) is 1. The number of urea groups is 1. The van der Waals surface area contributed by atoms with Crippen LogP contribution in [0.25, 0.3) is 0 Å². The van der Waals surface area contributed by atoms with E-state index in [0.29, 0.717) is 13.0 Å². The van der Waals surface area contributed by atoms with Crippen molar-refractivity contribution in [2.24, 2.45) is 5.73 Å². The van der Waals surface area contributed by atoms with E-state index < -0.39 is 6.03 Å². The van der Waals surface area contributed by atoms with Gasteiger partial charge in [-0.05, 0) is 25.7 Å². The first-order valence-corrected chi connectivity index (χ1v) is 5.16. The predicted molar refractivity (Wildman–Crippen MR) is 51.6 cm³/mol. The molecular weight excluding hydrogens is 203 g/mol. The van der Waals surface area contributed by atoms with Crippen LogP contribution in [0.15, 0.2) is 0 Å². The van der Waals surface area contributed by atoms with Gasteiger partial charge < -0.3 is 15.2 Å². The lowest BCUT2D eigenvalue weighted by Crippen LogP contribution is -2.30. The topological polar surface area (TPSA) is 64.8 Å². The summed E-state index contributed by atoms with van der Waals surface area (Å²) in [5.74, 6) is 0. The van der Waals surface area contributed by atoms with E-state index in [1.54, 1.807) is 0 Å². The summed E-state index contributed by atoms with van der Waals surface area (Å²) >= 11 is 0. The van der Waals surface area contributed by atoms with Crippen LogP contribution in [0.1, 0.15) is 25.7 Å². The first kappa shape index (κ1) is 12.2. The number of carbonyl (C=O) groups is 1. The lowest BCUT2D eigenvalue weighted by atomic mass is 10.2. The normalized spacial score (nSPS) is 21.3. The number of nitrogens with zero attached hydrogens (tertiary/aromatic N) is 1. The van der Waals surface area contributed by atoms with Crippen LogP contribution in [0.3, 0.4) is 0 Å². The highest BCUT2D eigenvalue weighted by molar-refractivity contribution is 5.70. The van der Waals surface area contributed by atoms with Gasteiger partial charge in [0.25, 0.3) is 0 Å². The minimum atomic E-state index is -1.07. The van der Waals surface area contributed by atoms with Gasteiger partial charge in [-0.2, -0.15) is 5.12 Å². The second-order valence-corrected chi connectivity index (χ2v) is 3.44. The Labute approximate surface area is 88.2 Å². The van der Waals surface area contributed by atoms with Crippen molar-refractivity contribution in [3.63, 3.8) is 0 Å². The zero-order valence-electron chi connectivity index (χ0n) is 8.65. The first-order valence-electron chi connectivity index (χ1n) is 5.16. The summed E-state index contributed by atoms with van der Waals surface area (Å²) in [6.07, 6.45) is 3.30. The molecule has 1 atom stereocenters. The quantitative estimate of drug-likeness (QED) is 0.559. The van der Waals surface area contributed by atoms with E-state index in [4.69, 9.17) is 15.2 Å². The van der Waals surface area contributed by atoms with Crippen molar-refractivity contribution in [1.29, 1.82) is 0 Å². The number of primary amides is 1. The van der Waals surface area contributed by atoms with Gasteiger partial charge in [-0.1, -0.05) is 4.48 Å². The molecule has 1 unspecified atom stereocenters. The number of rotatable bonds is 5. The predicted octanol–water partition coefficient (Wildman–Crippen LogP) is 1.18. The molecular formula is C9H17FN2O3. The van der Waals surface area contributed by atoms with E-state index in [-0.39, 0.29) is 18.0 Å². The minimum Gasteiger partial charge on any atom is -0.353 e. The molecule has 0 aromatic rings. The average Bonchev–Trinajstić information content (AvgIpc) is 2.25. The van der Waals surface area contributed by atoms with Crippen molar-refractivity contribution in [2.75, 3.05) is 19.8 Å². The maximum Gasteiger partial charge on any atom is 0.342 e. The minimum absolute atomic E-state index is 0.0227. The largest absolute Gasteiger partial charge is 0.353 e. The Morgan fingerprint density at radius 3 is 3.00 bits per heavy atom. The molecule has 0 aliphatic carbocycles. The van der Waals surface area contributed by atoms with Gasteiger partial charge in [0.2, 0.25) is 0 Å². The molecule has 0 saturated carbocycles. The Balaban J connectivity index is 1.98. The maximum absolute atomic E-state index is 12.6. The zero-order valence-corrected chi connectivity index (χ0v) is 8.65. The Hall–Kier alpha value is -0.880. The molecule has 2 N–H and O–H groups in total. The molecule has 6 heteroatoms. The number of ether oxygens (including phenoxy) is 2. The number of hydrogen-bond acceptors (Lipinski definition) is 3. The summed E-state index contributed by atoms with van der Waals surface area (Å²) in [7, 11) is 0. The highest BCUT2D eigenvalue weighted by Gasteiger charge is 2.14. The molecule has 1 heterocycles. The van der Waals surface area contributed by atoms with Crippen LogP contribution < -0.4 is 5.73 Å². The molecule has 5 nitrogen and oxygen atoms in total. The summed E-state index contributed by atoms with van der Waals surface area (Å²) in [6, 6.07) is -1.07. The van der Waals surface area contributed by atoms with Crippen LogP contribution >= 0.6 is 0 Å². The van der Waals surface area contributed by atoms with E-state index in [1.807, 2.05) is 0 Å². The molecule has 1 rings (SSSR count). The number of carbonyl (C=O) groups excluding carboxylic acids is 1. The van der Waals surface area contributed by atoms with E-state index >= 15 is 0 Å². The van der Waals surface area contributed by atoms with Gasteiger partial charge in [-0.25, -0.2) is 4.79 Å². The SMILES string of the molecule is NC(=O)N(F)CCCOC1CCCCO1. The van der Waals surface area contributed by atoms with Gasteiger partial charge in [-0.3, -0.25) is 0 Å². The smallest absolute Gasteiger partial charge is 0.342 e.